The number of rotatable bonds is 5. The molecule has 24 heavy (non-hydrogen) atoms. The number of anilines is 1. The third kappa shape index (κ3) is 3.29. The van der Waals surface area contributed by atoms with Crippen molar-refractivity contribution >= 4 is 23.4 Å². The number of nitrogens with zero attached hydrogens (tertiary/aromatic N) is 4. The van der Waals surface area contributed by atoms with Crippen LogP contribution in [0.25, 0.3) is 0 Å². The highest BCUT2D eigenvalue weighted by atomic mass is 32.2. The van der Waals surface area contributed by atoms with Crippen molar-refractivity contribution in [1.29, 1.82) is 0 Å². The molecule has 3 rings (SSSR count). The van der Waals surface area contributed by atoms with Crippen molar-refractivity contribution in [1.82, 2.24) is 15.2 Å². The summed E-state index contributed by atoms with van der Waals surface area (Å²) in [6.45, 7) is 6.20. The molecule has 1 aromatic heterocycles. The molecule has 1 aliphatic rings. The van der Waals surface area contributed by atoms with Gasteiger partial charge in [0.1, 0.15) is 0 Å². The number of aryl methyl sites for hydroxylation is 2. The van der Waals surface area contributed by atoms with Gasteiger partial charge >= 0.3 is 0 Å². The van der Waals surface area contributed by atoms with Crippen LogP contribution in [0.5, 0.6) is 0 Å². The number of fused-ring (bicyclic) bond motifs is 1. The molecule has 0 saturated carbocycles. The van der Waals surface area contributed by atoms with Crippen LogP contribution >= 0.6 is 11.8 Å². The topological polar surface area (TPSA) is 59.0 Å². The minimum Gasteiger partial charge on any atom is -0.308 e. The molecule has 2 heterocycles. The van der Waals surface area contributed by atoms with Gasteiger partial charge in [-0.2, -0.15) is 5.10 Å². The highest BCUT2D eigenvalue weighted by molar-refractivity contribution is 7.99. The molecular weight excluding hydrogens is 320 g/mol. The normalized spacial score (nSPS) is 16.3. The Morgan fingerprint density at radius 2 is 1.96 bits per heavy atom. The van der Waals surface area contributed by atoms with Gasteiger partial charge in [0.25, 0.3) is 0 Å². The van der Waals surface area contributed by atoms with Crippen LogP contribution in [0.4, 0.5) is 5.69 Å². The lowest BCUT2D eigenvalue weighted by Gasteiger charge is -2.22. The predicted octanol–water partition coefficient (Wildman–Crippen LogP) is 3.07. The van der Waals surface area contributed by atoms with Crippen LogP contribution in [-0.4, -0.2) is 32.9 Å². The molecule has 1 unspecified atom stereocenters. The molecule has 1 aromatic carbocycles. The Balaban J connectivity index is 1.70. The average Bonchev–Trinajstić information content (AvgIpc) is 2.95. The predicted molar refractivity (Wildman–Crippen MR) is 96.4 cm³/mol. The zero-order chi connectivity index (χ0) is 17.1. The highest BCUT2D eigenvalue weighted by Crippen LogP contribution is 2.32. The Bertz CT molecular complexity index is 750. The van der Waals surface area contributed by atoms with Crippen LogP contribution in [0.3, 0.4) is 0 Å². The first-order chi connectivity index (χ1) is 11.6. The monoisotopic (exact) mass is 342 g/mol. The third-order valence-corrected chi connectivity index (χ3v) is 5.11. The molecule has 6 heteroatoms. The van der Waals surface area contributed by atoms with Gasteiger partial charge in [-0.1, -0.05) is 43.8 Å². The first-order valence-electron chi connectivity index (χ1n) is 8.39. The fraction of sp³-hybridized carbons (Fsp3) is 0.444. The lowest BCUT2D eigenvalue weighted by atomic mass is 10.1. The van der Waals surface area contributed by atoms with Gasteiger partial charge in [0.2, 0.25) is 11.1 Å². The Kier molecular flexibility index (Phi) is 5.14. The standard InChI is InChI=1S/C18H22N4OS/c1-4-14-15(5-2)20-21-18(19-14)24-11-17(23)22-12(3)10-13-8-6-7-9-16(13)22/h6-9,12H,4-5,10-11H2,1-3H3. The number of hydrogen-bond acceptors (Lipinski definition) is 5. The molecule has 1 atom stereocenters. The maximum absolute atomic E-state index is 12.7. The van der Waals surface area contributed by atoms with Crippen LogP contribution < -0.4 is 4.90 Å². The number of thioether (sulfide) groups is 1. The van der Waals surface area contributed by atoms with E-state index in [0.29, 0.717) is 10.9 Å². The summed E-state index contributed by atoms with van der Waals surface area (Å²) in [7, 11) is 0. The summed E-state index contributed by atoms with van der Waals surface area (Å²) in [6, 6.07) is 8.31. The van der Waals surface area contributed by atoms with E-state index >= 15 is 0 Å². The summed E-state index contributed by atoms with van der Waals surface area (Å²) in [5, 5.41) is 8.97. The smallest absolute Gasteiger partial charge is 0.237 e. The van der Waals surface area contributed by atoms with E-state index in [-0.39, 0.29) is 11.9 Å². The van der Waals surface area contributed by atoms with Crippen LogP contribution in [-0.2, 0) is 24.1 Å². The zero-order valence-electron chi connectivity index (χ0n) is 14.3. The summed E-state index contributed by atoms with van der Waals surface area (Å²) >= 11 is 1.36. The molecule has 126 valence electrons. The van der Waals surface area contributed by atoms with Gasteiger partial charge in [0, 0.05) is 11.7 Å². The van der Waals surface area contributed by atoms with E-state index in [1.807, 2.05) is 30.0 Å². The minimum absolute atomic E-state index is 0.0960. The van der Waals surface area contributed by atoms with Crippen molar-refractivity contribution < 1.29 is 4.79 Å². The van der Waals surface area contributed by atoms with Gasteiger partial charge in [0.15, 0.2) is 0 Å². The lowest BCUT2D eigenvalue weighted by molar-refractivity contribution is -0.116. The molecule has 0 spiro atoms. The van der Waals surface area contributed by atoms with E-state index in [2.05, 4.69) is 35.1 Å². The molecule has 0 fully saturated rings. The average molecular weight is 342 g/mol. The maximum Gasteiger partial charge on any atom is 0.237 e. The Morgan fingerprint density at radius 1 is 1.21 bits per heavy atom. The van der Waals surface area contributed by atoms with Crippen LogP contribution in [0, 0.1) is 0 Å². The van der Waals surface area contributed by atoms with E-state index in [1.54, 1.807) is 0 Å². The molecule has 0 radical (unpaired) electrons. The molecule has 2 aromatic rings. The zero-order valence-corrected chi connectivity index (χ0v) is 15.1. The molecule has 0 saturated heterocycles. The second-order valence-corrected chi connectivity index (χ2v) is 6.87. The number of aromatic nitrogens is 3. The van der Waals surface area contributed by atoms with Crippen LogP contribution in [0.2, 0.25) is 0 Å². The van der Waals surface area contributed by atoms with E-state index in [9.17, 15) is 4.79 Å². The van der Waals surface area contributed by atoms with E-state index < -0.39 is 0 Å². The second-order valence-electron chi connectivity index (χ2n) is 5.93. The molecule has 0 aliphatic carbocycles. The van der Waals surface area contributed by atoms with E-state index in [0.717, 1.165) is 36.3 Å². The van der Waals surface area contributed by atoms with Gasteiger partial charge in [-0.25, -0.2) is 4.98 Å². The maximum atomic E-state index is 12.7. The van der Waals surface area contributed by atoms with Gasteiger partial charge in [-0.05, 0) is 37.8 Å². The molecule has 5 nitrogen and oxygen atoms in total. The number of carbonyl (C=O) groups is 1. The number of para-hydroxylation sites is 1. The van der Waals surface area contributed by atoms with Gasteiger partial charge < -0.3 is 4.90 Å². The highest BCUT2D eigenvalue weighted by Gasteiger charge is 2.30. The van der Waals surface area contributed by atoms with Crippen molar-refractivity contribution in [3.05, 3.63) is 41.2 Å². The van der Waals surface area contributed by atoms with E-state index in [1.165, 1.54) is 17.3 Å². The number of amides is 1. The van der Waals surface area contributed by atoms with E-state index in [4.69, 9.17) is 0 Å². The second kappa shape index (κ2) is 7.30. The Labute approximate surface area is 146 Å². The van der Waals surface area contributed by atoms with Crippen LogP contribution in [0.15, 0.2) is 29.4 Å². The van der Waals surface area contributed by atoms with Gasteiger partial charge in [0.05, 0.1) is 17.1 Å². The van der Waals surface area contributed by atoms with Crippen molar-refractivity contribution in [2.45, 2.75) is 51.2 Å². The summed E-state index contributed by atoms with van der Waals surface area (Å²) in [4.78, 5) is 19.1. The largest absolute Gasteiger partial charge is 0.308 e. The summed E-state index contributed by atoms with van der Waals surface area (Å²) < 4.78 is 0. The summed E-state index contributed by atoms with van der Waals surface area (Å²) in [5.74, 6) is 0.424. The fourth-order valence-electron chi connectivity index (χ4n) is 3.12. The van der Waals surface area contributed by atoms with Crippen molar-refractivity contribution in [3.63, 3.8) is 0 Å². The molecule has 1 aliphatic heterocycles. The van der Waals surface area contributed by atoms with Crippen molar-refractivity contribution in [3.8, 4) is 0 Å². The fourth-order valence-corrected chi connectivity index (χ4v) is 3.79. The minimum atomic E-state index is 0.0960. The molecule has 0 bridgehead atoms. The quantitative estimate of drug-likeness (QED) is 0.782. The van der Waals surface area contributed by atoms with Crippen molar-refractivity contribution in [2.75, 3.05) is 10.7 Å². The SMILES string of the molecule is CCc1nnc(SCC(=O)N2c3ccccc3CC2C)nc1CC. The lowest BCUT2D eigenvalue weighted by Crippen LogP contribution is -2.37. The van der Waals surface area contributed by atoms with Crippen molar-refractivity contribution in [2.24, 2.45) is 0 Å². The third-order valence-electron chi connectivity index (χ3n) is 4.29. The number of carbonyl (C=O) groups excluding carboxylic acids is 1. The van der Waals surface area contributed by atoms with Crippen LogP contribution in [0.1, 0.15) is 37.7 Å². The Hall–Kier alpha value is -1.95. The first kappa shape index (κ1) is 16.9. The molecular formula is C18H22N4OS. The number of hydrogen-bond donors (Lipinski definition) is 0. The Morgan fingerprint density at radius 3 is 2.71 bits per heavy atom. The van der Waals surface area contributed by atoms with Gasteiger partial charge in [-0.3, -0.25) is 4.79 Å². The van der Waals surface area contributed by atoms with Gasteiger partial charge in [-0.15, -0.1) is 5.10 Å². The molecule has 1 amide bonds. The summed E-state index contributed by atoms with van der Waals surface area (Å²) in [5.41, 5.74) is 4.18. The number of benzene rings is 1. The summed E-state index contributed by atoms with van der Waals surface area (Å²) in [6.07, 6.45) is 2.57. The first-order valence-corrected chi connectivity index (χ1v) is 9.37. The molecule has 0 N–H and O–H groups in total.